The van der Waals surface area contributed by atoms with Crippen LogP contribution >= 0.6 is 0 Å². The van der Waals surface area contributed by atoms with Crippen LogP contribution < -0.4 is 5.46 Å². The maximum Gasteiger partial charge on any atom is 0.494 e. The molecule has 0 unspecified atom stereocenters. The Kier molecular flexibility index (Phi) is 7.01. The topological polar surface area (TPSA) is 57.1 Å². The molecule has 1 fully saturated rings. The van der Waals surface area contributed by atoms with E-state index in [-0.39, 0.29) is 18.3 Å². The van der Waals surface area contributed by atoms with Gasteiger partial charge in [-0.2, -0.15) is 0 Å². The van der Waals surface area contributed by atoms with E-state index in [9.17, 15) is 0 Å². The van der Waals surface area contributed by atoms with Gasteiger partial charge in [0.25, 0.3) is 0 Å². The predicted molar refractivity (Wildman–Crippen MR) is 192 cm³/mol. The third-order valence-electron chi connectivity index (χ3n) is 9.61. The molecule has 0 atom stereocenters. The van der Waals surface area contributed by atoms with Crippen molar-refractivity contribution in [3.63, 3.8) is 0 Å². The first-order valence-electron chi connectivity index (χ1n) is 16.0. The number of hydrogen-bond acceptors (Lipinski definition) is 5. The zero-order chi connectivity index (χ0) is 32.2. The predicted octanol–water partition coefficient (Wildman–Crippen LogP) is 9.15. The highest BCUT2D eigenvalue weighted by molar-refractivity contribution is 6.62. The summed E-state index contributed by atoms with van der Waals surface area (Å²) in [7, 11) is -0.382. The van der Waals surface area contributed by atoms with Crippen LogP contribution in [0.15, 0.2) is 133 Å². The molecule has 47 heavy (non-hydrogen) atoms. The molecule has 228 valence electrons. The first-order chi connectivity index (χ1) is 22.8. The van der Waals surface area contributed by atoms with E-state index in [0.717, 1.165) is 54.8 Å². The molecule has 0 bridgehead atoms. The number of fused-ring (bicyclic) bond motifs is 2. The van der Waals surface area contributed by atoms with Gasteiger partial charge in [0, 0.05) is 16.7 Å². The molecule has 8 rings (SSSR count). The van der Waals surface area contributed by atoms with Crippen molar-refractivity contribution in [3.8, 4) is 45.3 Å². The normalized spacial score (nSPS) is 15.4. The molecule has 0 N–H and O–H groups in total. The second-order valence-corrected chi connectivity index (χ2v) is 13.1. The van der Waals surface area contributed by atoms with Crippen molar-refractivity contribution in [2.75, 3.05) is 0 Å². The maximum atomic E-state index is 6.25. The van der Waals surface area contributed by atoms with E-state index in [4.69, 9.17) is 24.3 Å². The fraction of sp³-hybridized carbons (Fsp3) is 0.146. The first kappa shape index (κ1) is 29.3. The Labute approximate surface area is 275 Å². The summed E-state index contributed by atoms with van der Waals surface area (Å²) in [6.45, 7) is 8.30. The molecule has 6 heteroatoms. The molecule has 7 aromatic rings. The molecular weight excluding hydrogens is 577 g/mol. The van der Waals surface area contributed by atoms with E-state index in [1.165, 1.54) is 0 Å². The Morgan fingerprint density at radius 2 is 0.830 bits per heavy atom. The minimum atomic E-state index is -0.382. The van der Waals surface area contributed by atoms with Crippen molar-refractivity contribution in [1.29, 1.82) is 0 Å². The zero-order valence-electron chi connectivity index (χ0n) is 26.9. The summed E-state index contributed by atoms with van der Waals surface area (Å²) in [6.07, 6.45) is 0. The largest absolute Gasteiger partial charge is 0.494 e. The maximum absolute atomic E-state index is 6.25. The van der Waals surface area contributed by atoms with E-state index in [2.05, 4.69) is 161 Å². The van der Waals surface area contributed by atoms with Crippen LogP contribution in [0.25, 0.3) is 66.8 Å². The van der Waals surface area contributed by atoms with Gasteiger partial charge in [0.2, 0.25) is 0 Å². The number of hydrogen-bond donors (Lipinski definition) is 0. The summed E-state index contributed by atoms with van der Waals surface area (Å²) < 4.78 is 12.5. The van der Waals surface area contributed by atoms with E-state index < -0.39 is 0 Å². The van der Waals surface area contributed by atoms with Crippen LogP contribution in [0.2, 0.25) is 0 Å². The molecule has 0 aliphatic carbocycles. The standard InChI is InChI=1S/C41H34BN3O2/c1-40(2)41(3,4)47-42(46-40)32-25-23-28(24-26-32)27-19-21-31(22-20-27)37-43-38(35-17-9-13-29-11-5-7-15-33(29)35)45-39(44-37)36-18-10-14-30-12-6-8-16-34(30)36/h5-26H,1-4H3. The number of aromatic nitrogens is 3. The Balaban J connectivity index is 1.18. The molecule has 1 saturated heterocycles. The van der Waals surface area contributed by atoms with Gasteiger partial charge in [-0.25, -0.2) is 15.0 Å². The third-order valence-corrected chi connectivity index (χ3v) is 9.61. The average molecular weight is 612 g/mol. The fourth-order valence-corrected chi connectivity index (χ4v) is 6.21. The van der Waals surface area contributed by atoms with E-state index in [1.807, 2.05) is 0 Å². The highest BCUT2D eigenvalue weighted by Crippen LogP contribution is 2.37. The van der Waals surface area contributed by atoms with E-state index >= 15 is 0 Å². The van der Waals surface area contributed by atoms with Crippen LogP contribution in [0, 0.1) is 0 Å². The number of benzene rings is 6. The lowest BCUT2D eigenvalue weighted by Crippen LogP contribution is -2.41. The van der Waals surface area contributed by atoms with E-state index in [0.29, 0.717) is 17.5 Å². The van der Waals surface area contributed by atoms with Gasteiger partial charge in [-0.3, -0.25) is 0 Å². The van der Waals surface area contributed by atoms with Gasteiger partial charge in [-0.15, -0.1) is 0 Å². The highest BCUT2D eigenvalue weighted by Gasteiger charge is 2.51. The van der Waals surface area contributed by atoms with Crippen molar-refractivity contribution in [2.45, 2.75) is 38.9 Å². The summed E-state index contributed by atoms with van der Waals surface area (Å²) >= 11 is 0. The van der Waals surface area contributed by atoms with Crippen molar-refractivity contribution in [2.24, 2.45) is 0 Å². The lowest BCUT2D eigenvalue weighted by molar-refractivity contribution is 0.00578. The number of nitrogens with zero attached hydrogens (tertiary/aromatic N) is 3. The lowest BCUT2D eigenvalue weighted by atomic mass is 9.78. The summed E-state index contributed by atoms with van der Waals surface area (Å²) in [5.74, 6) is 1.93. The van der Waals surface area contributed by atoms with Gasteiger partial charge in [0.1, 0.15) is 0 Å². The van der Waals surface area contributed by atoms with Gasteiger partial charge < -0.3 is 9.31 Å². The van der Waals surface area contributed by atoms with Crippen molar-refractivity contribution < 1.29 is 9.31 Å². The van der Waals surface area contributed by atoms with Crippen molar-refractivity contribution in [1.82, 2.24) is 15.0 Å². The Morgan fingerprint density at radius 3 is 1.34 bits per heavy atom. The van der Waals surface area contributed by atoms with Gasteiger partial charge in [-0.1, -0.05) is 133 Å². The minimum Gasteiger partial charge on any atom is -0.399 e. The molecular formula is C41H34BN3O2. The van der Waals surface area contributed by atoms with Crippen molar-refractivity contribution >= 4 is 34.1 Å². The van der Waals surface area contributed by atoms with Crippen LogP contribution in [-0.4, -0.2) is 33.3 Å². The molecule has 1 aliphatic heterocycles. The Hall–Kier alpha value is -5.17. The molecule has 6 aromatic carbocycles. The molecule has 2 heterocycles. The fourth-order valence-electron chi connectivity index (χ4n) is 6.21. The molecule has 0 radical (unpaired) electrons. The second-order valence-electron chi connectivity index (χ2n) is 13.1. The third kappa shape index (κ3) is 5.30. The Morgan fingerprint density at radius 1 is 0.426 bits per heavy atom. The van der Waals surface area contributed by atoms with Crippen LogP contribution in [0.3, 0.4) is 0 Å². The monoisotopic (exact) mass is 611 g/mol. The minimum absolute atomic E-state index is 0.373. The first-order valence-corrected chi connectivity index (χ1v) is 16.0. The highest BCUT2D eigenvalue weighted by atomic mass is 16.7. The molecule has 0 saturated carbocycles. The molecule has 1 aromatic heterocycles. The SMILES string of the molecule is CC1(C)OB(c2ccc(-c3ccc(-c4nc(-c5cccc6ccccc56)nc(-c5cccc6ccccc56)n4)cc3)cc2)OC1(C)C. The second kappa shape index (κ2) is 11.3. The van der Waals surface area contributed by atoms with Gasteiger partial charge in [0.05, 0.1) is 11.2 Å². The van der Waals surface area contributed by atoms with E-state index in [1.54, 1.807) is 0 Å². The summed E-state index contributed by atoms with van der Waals surface area (Å²) in [6, 6.07) is 46.1. The van der Waals surface area contributed by atoms with Crippen LogP contribution in [-0.2, 0) is 9.31 Å². The summed E-state index contributed by atoms with van der Waals surface area (Å²) in [5, 5.41) is 4.51. The average Bonchev–Trinajstić information content (AvgIpc) is 3.33. The molecule has 5 nitrogen and oxygen atoms in total. The smallest absolute Gasteiger partial charge is 0.399 e. The van der Waals surface area contributed by atoms with Crippen LogP contribution in [0.1, 0.15) is 27.7 Å². The van der Waals surface area contributed by atoms with Crippen LogP contribution in [0.5, 0.6) is 0 Å². The zero-order valence-corrected chi connectivity index (χ0v) is 26.9. The van der Waals surface area contributed by atoms with Gasteiger partial charge in [0.15, 0.2) is 17.5 Å². The van der Waals surface area contributed by atoms with Gasteiger partial charge >= 0.3 is 7.12 Å². The summed E-state index contributed by atoms with van der Waals surface area (Å²) in [5.41, 5.74) is 5.36. The molecule has 1 aliphatic rings. The van der Waals surface area contributed by atoms with Gasteiger partial charge in [-0.05, 0) is 65.8 Å². The van der Waals surface area contributed by atoms with Crippen molar-refractivity contribution in [3.05, 3.63) is 133 Å². The summed E-state index contributed by atoms with van der Waals surface area (Å²) in [4.78, 5) is 15.2. The number of rotatable bonds is 5. The van der Waals surface area contributed by atoms with Crippen LogP contribution in [0.4, 0.5) is 0 Å². The molecule has 0 spiro atoms. The quantitative estimate of drug-likeness (QED) is 0.182. The Bertz CT molecular complexity index is 2140. The lowest BCUT2D eigenvalue weighted by Gasteiger charge is -2.32. The molecule has 0 amide bonds.